The third-order valence-electron chi connectivity index (χ3n) is 5.42. The van der Waals surface area contributed by atoms with E-state index >= 15 is 0 Å². The van der Waals surface area contributed by atoms with Crippen LogP contribution < -0.4 is 9.62 Å². The molecule has 2 N–H and O–H groups in total. The Hall–Kier alpha value is -2.98. The second kappa shape index (κ2) is 7.61. The van der Waals surface area contributed by atoms with E-state index < -0.39 is 27.9 Å². The number of aliphatic hydroxyl groups is 1. The third kappa shape index (κ3) is 3.77. The predicted octanol–water partition coefficient (Wildman–Crippen LogP) is 2.63. The standard InChI is InChI=1S/C21H22FN3O5S/c1-11-8-14(26)10-25(31(3,28)29)19-15(11)9-16-17(20(27)23-2)18(30-21(16)24-19)12-4-6-13(22)7-5-12/h4-7,9,11,14,26H,8,10H2,1-3H3,(H,23,27)/t11-,14+/m1/s1. The predicted molar refractivity (Wildman–Crippen MR) is 114 cm³/mol. The van der Waals surface area contributed by atoms with Crippen molar-refractivity contribution in [1.82, 2.24) is 10.3 Å². The number of carbonyl (C=O) groups excluding carboxylic acids is 1. The average Bonchev–Trinajstić information content (AvgIpc) is 3.02. The SMILES string of the molecule is CNC(=O)c1c(-c2ccc(F)cc2)oc2nc3c(cc12)[C@H](C)C[C@H](O)CN3S(C)(=O)=O. The fraction of sp³-hybridized carbons (Fsp3) is 0.333. The van der Waals surface area contributed by atoms with Gasteiger partial charge >= 0.3 is 0 Å². The number of pyridine rings is 1. The van der Waals surface area contributed by atoms with Crippen LogP contribution in [0.1, 0.15) is 35.2 Å². The third-order valence-corrected chi connectivity index (χ3v) is 6.54. The summed E-state index contributed by atoms with van der Waals surface area (Å²) in [7, 11) is -2.24. The molecule has 10 heteroatoms. The number of nitrogens with one attached hydrogen (secondary N) is 1. The summed E-state index contributed by atoms with van der Waals surface area (Å²) in [6.45, 7) is 1.74. The van der Waals surface area contributed by atoms with Gasteiger partial charge in [0.1, 0.15) is 17.4 Å². The minimum absolute atomic E-state index is 0.0777. The molecule has 1 aromatic carbocycles. The van der Waals surface area contributed by atoms with Crippen LogP contribution in [0, 0.1) is 5.82 Å². The van der Waals surface area contributed by atoms with Gasteiger partial charge in [0.05, 0.1) is 29.9 Å². The molecule has 0 radical (unpaired) electrons. The van der Waals surface area contributed by atoms with E-state index in [-0.39, 0.29) is 35.3 Å². The molecule has 0 fully saturated rings. The number of sulfonamides is 1. The van der Waals surface area contributed by atoms with Crippen molar-refractivity contribution in [3.63, 3.8) is 0 Å². The maximum atomic E-state index is 13.4. The molecule has 3 aromatic rings. The molecular formula is C21H22FN3O5S. The highest BCUT2D eigenvalue weighted by atomic mass is 32.2. The van der Waals surface area contributed by atoms with Crippen molar-refractivity contribution in [1.29, 1.82) is 0 Å². The van der Waals surface area contributed by atoms with E-state index in [1.165, 1.54) is 31.3 Å². The van der Waals surface area contributed by atoms with E-state index in [1.807, 2.05) is 6.92 Å². The van der Waals surface area contributed by atoms with Gasteiger partial charge in [-0.25, -0.2) is 12.8 Å². The average molecular weight is 447 g/mol. The van der Waals surface area contributed by atoms with Crippen molar-refractivity contribution in [2.24, 2.45) is 0 Å². The van der Waals surface area contributed by atoms with Crippen molar-refractivity contribution < 1.29 is 27.1 Å². The lowest BCUT2D eigenvalue weighted by atomic mass is 9.95. The number of nitrogens with zero attached hydrogens (tertiary/aromatic N) is 2. The highest BCUT2D eigenvalue weighted by Gasteiger charge is 2.33. The highest BCUT2D eigenvalue weighted by Crippen LogP contribution is 2.40. The highest BCUT2D eigenvalue weighted by molar-refractivity contribution is 7.92. The molecule has 1 aliphatic rings. The number of aromatic nitrogens is 1. The first-order valence-electron chi connectivity index (χ1n) is 9.71. The number of amides is 1. The molecule has 4 rings (SSSR count). The Balaban J connectivity index is 2.03. The van der Waals surface area contributed by atoms with Gasteiger partial charge in [0.25, 0.3) is 5.91 Å². The lowest BCUT2D eigenvalue weighted by Gasteiger charge is -2.22. The number of hydrogen-bond acceptors (Lipinski definition) is 6. The number of fused-ring (bicyclic) bond motifs is 2. The number of benzene rings is 1. The second-order valence-electron chi connectivity index (χ2n) is 7.73. The van der Waals surface area contributed by atoms with Gasteiger partial charge in [-0.1, -0.05) is 6.92 Å². The van der Waals surface area contributed by atoms with Gasteiger partial charge in [0.15, 0.2) is 0 Å². The summed E-state index contributed by atoms with van der Waals surface area (Å²) in [6.07, 6.45) is 0.524. The summed E-state index contributed by atoms with van der Waals surface area (Å²) in [5.74, 6) is -0.679. The Bertz CT molecular complexity index is 1270. The molecule has 0 aliphatic carbocycles. The summed E-state index contributed by atoms with van der Waals surface area (Å²) in [5, 5.41) is 13.3. The second-order valence-corrected chi connectivity index (χ2v) is 9.64. The quantitative estimate of drug-likeness (QED) is 0.638. The normalized spacial score (nSPS) is 19.2. The number of rotatable bonds is 3. The van der Waals surface area contributed by atoms with Crippen molar-refractivity contribution in [3.8, 4) is 11.3 Å². The van der Waals surface area contributed by atoms with E-state index in [4.69, 9.17) is 4.42 Å². The summed E-state index contributed by atoms with van der Waals surface area (Å²) in [6, 6.07) is 7.19. The Labute approximate surface area is 178 Å². The zero-order chi connectivity index (χ0) is 22.5. The summed E-state index contributed by atoms with van der Waals surface area (Å²) < 4.78 is 45.2. The van der Waals surface area contributed by atoms with Crippen LogP contribution in [-0.2, 0) is 10.0 Å². The molecule has 1 aliphatic heterocycles. The van der Waals surface area contributed by atoms with Crippen LogP contribution in [-0.4, -0.2) is 50.4 Å². The van der Waals surface area contributed by atoms with Crippen molar-refractivity contribution in [2.45, 2.75) is 25.4 Å². The van der Waals surface area contributed by atoms with Gasteiger partial charge < -0.3 is 14.8 Å². The van der Waals surface area contributed by atoms with E-state index in [2.05, 4.69) is 10.3 Å². The van der Waals surface area contributed by atoms with Crippen LogP contribution >= 0.6 is 0 Å². The molecule has 0 spiro atoms. The molecular weight excluding hydrogens is 425 g/mol. The first-order chi connectivity index (χ1) is 14.6. The molecule has 0 bridgehead atoms. The Morgan fingerprint density at radius 1 is 1.32 bits per heavy atom. The van der Waals surface area contributed by atoms with Crippen molar-refractivity contribution in [3.05, 3.63) is 47.3 Å². The van der Waals surface area contributed by atoms with Gasteiger partial charge in [-0.15, -0.1) is 0 Å². The van der Waals surface area contributed by atoms with Crippen molar-refractivity contribution in [2.75, 3.05) is 24.2 Å². The van der Waals surface area contributed by atoms with Crippen LogP contribution in [0.5, 0.6) is 0 Å². The summed E-state index contributed by atoms with van der Waals surface area (Å²) in [5.41, 5.74) is 1.37. The number of anilines is 1. The summed E-state index contributed by atoms with van der Waals surface area (Å²) >= 11 is 0. The van der Waals surface area contributed by atoms with Gasteiger partial charge in [-0.2, -0.15) is 4.98 Å². The number of carbonyl (C=O) groups is 1. The number of furan rings is 1. The molecule has 8 nitrogen and oxygen atoms in total. The Kier molecular flexibility index (Phi) is 5.22. The summed E-state index contributed by atoms with van der Waals surface area (Å²) in [4.78, 5) is 17.2. The van der Waals surface area contributed by atoms with E-state index in [1.54, 1.807) is 6.07 Å². The topological polar surface area (TPSA) is 113 Å². The molecule has 0 unspecified atom stereocenters. The molecule has 0 saturated carbocycles. The number of hydrogen-bond donors (Lipinski definition) is 2. The minimum Gasteiger partial charge on any atom is -0.437 e. The van der Waals surface area contributed by atoms with E-state index in [0.717, 1.165) is 10.6 Å². The molecule has 31 heavy (non-hydrogen) atoms. The van der Waals surface area contributed by atoms with Gasteiger partial charge in [-0.05, 0) is 48.2 Å². The molecule has 2 aromatic heterocycles. The fourth-order valence-electron chi connectivity index (χ4n) is 3.93. The number of β-amino-alcohol motifs (C(OH)–C–C–N with tert-alkyl or cyclic N) is 1. The Morgan fingerprint density at radius 3 is 2.61 bits per heavy atom. The lowest BCUT2D eigenvalue weighted by Crippen LogP contribution is -2.36. The van der Waals surface area contributed by atoms with Crippen LogP contribution in [0.4, 0.5) is 10.2 Å². The zero-order valence-electron chi connectivity index (χ0n) is 17.2. The van der Waals surface area contributed by atoms with Gasteiger partial charge in [-0.3, -0.25) is 9.10 Å². The largest absolute Gasteiger partial charge is 0.437 e. The molecule has 0 saturated heterocycles. The van der Waals surface area contributed by atoms with E-state index in [9.17, 15) is 22.7 Å². The van der Waals surface area contributed by atoms with Crippen LogP contribution in [0.2, 0.25) is 0 Å². The van der Waals surface area contributed by atoms with Gasteiger partial charge in [0, 0.05) is 12.6 Å². The van der Waals surface area contributed by atoms with Crippen LogP contribution in [0.25, 0.3) is 22.4 Å². The van der Waals surface area contributed by atoms with Crippen molar-refractivity contribution >= 4 is 32.8 Å². The van der Waals surface area contributed by atoms with Crippen LogP contribution in [0.3, 0.4) is 0 Å². The molecule has 1 amide bonds. The Morgan fingerprint density at radius 2 is 2.00 bits per heavy atom. The molecule has 164 valence electrons. The monoisotopic (exact) mass is 447 g/mol. The lowest BCUT2D eigenvalue weighted by molar-refractivity contribution is 0.0964. The number of halogens is 1. The van der Waals surface area contributed by atoms with E-state index in [0.29, 0.717) is 22.9 Å². The molecule has 2 atom stereocenters. The first kappa shape index (κ1) is 21.3. The maximum Gasteiger partial charge on any atom is 0.255 e. The van der Waals surface area contributed by atoms with Gasteiger partial charge in [0.2, 0.25) is 15.7 Å². The fourth-order valence-corrected chi connectivity index (χ4v) is 4.83. The van der Waals surface area contributed by atoms with Crippen LogP contribution in [0.15, 0.2) is 34.7 Å². The zero-order valence-corrected chi connectivity index (χ0v) is 18.0. The smallest absolute Gasteiger partial charge is 0.255 e. The maximum absolute atomic E-state index is 13.4. The molecule has 3 heterocycles. The number of aliphatic hydroxyl groups excluding tert-OH is 1. The first-order valence-corrected chi connectivity index (χ1v) is 11.6. The minimum atomic E-state index is -3.72.